The highest BCUT2D eigenvalue weighted by molar-refractivity contribution is 6.33. The molecule has 2 aliphatic rings. The molecule has 0 radical (unpaired) electrons. The molecule has 0 aromatic heterocycles. The van der Waals surface area contributed by atoms with Gasteiger partial charge in [-0.3, -0.25) is 0 Å². The molecule has 1 aliphatic carbocycles. The van der Waals surface area contributed by atoms with Crippen LogP contribution >= 0.6 is 11.6 Å². The molecule has 6 heteroatoms. The van der Waals surface area contributed by atoms with E-state index in [9.17, 15) is 14.7 Å². The largest absolute Gasteiger partial charge is 0.478 e. The number of benzene rings is 2. The molecule has 1 heterocycles. The van der Waals surface area contributed by atoms with E-state index >= 15 is 0 Å². The maximum absolute atomic E-state index is 11.7. The van der Waals surface area contributed by atoms with E-state index in [2.05, 4.69) is 17.5 Å². The molecule has 5 nitrogen and oxygen atoms in total. The van der Waals surface area contributed by atoms with Crippen molar-refractivity contribution in [3.05, 3.63) is 75.8 Å². The lowest BCUT2D eigenvalue weighted by Crippen LogP contribution is -2.30. The van der Waals surface area contributed by atoms with Crippen molar-refractivity contribution < 1.29 is 19.4 Å². The van der Waals surface area contributed by atoms with E-state index in [1.54, 1.807) is 24.3 Å². The summed E-state index contributed by atoms with van der Waals surface area (Å²) in [5, 5.41) is 13.6. The predicted octanol–water partition coefficient (Wildman–Crippen LogP) is 4.65. The Morgan fingerprint density at radius 2 is 1.93 bits per heavy atom. The summed E-state index contributed by atoms with van der Waals surface area (Å²) in [6, 6.07) is 10.4. The molecule has 0 fully saturated rings. The van der Waals surface area contributed by atoms with Crippen molar-refractivity contribution >= 4 is 29.2 Å². The van der Waals surface area contributed by atoms with Gasteiger partial charge in [0.25, 0.3) is 0 Å². The topological polar surface area (TPSA) is 75.6 Å². The van der Waals surface area contributed by atoms with Gasteiger partial charge in [0.2, 0.25) is 0 Å². The minimum absolute atomic E-state index is 0.0173. The average molecular weight is 384 g/mol. The van der Waals surface area contributed by atoms with Crippen molar-refractivity contribution in [2.45, 2.75) is 18.4 Å². The number of nitrogens with one attached hydrogen (secondary N) is 1. The van der Waals surface area contributed by atoms with E-state index < -0.39 is 5.97 Å². The number of carbonyl (C=O) groups is 2. The van der Waals surface area contributed by atoms with Crippen molar-refractivity contribution in [3.63, 3.8) is 0 Å². The van der Waals surface area contributed by atoms with Crippen LogP contribution in [0.25, 0.3) is 0 Å². The van der Waals surface area contributed by atoms with Crippen LogP contribution in [0.2, 0.25) is 5.02 Å². The summed E-state index contributed by atoms with van der Waals surface area (Å²) in [5.41, 5.74) is 3.21. The zero-order valence-electron chi connectivity index (χ0n) is 14.6. The standard InChI is InChI=1S/C21H18ClNO4/c1-27-21(26)12-7-5-11(6-8-12)18-14-4-2-3-13(14)17-15(20(24)25)9-10-16(22)19(17)23-18/h2-3,5-10,13-14,18,23H,4H2,1H3,(H,24,25)/t13-,14-,18+/m1/s1. The Kier molecular flexibility index (Phi) is 4.40. The third-order valence-corrected chi connectivity index (χ3v) is 5.71. The molecule has 2 aromatic carbocycles. The molecule has 2 aromatic rings. The van der Waals surface area contributed by atoms with Gasteiger partial charge in [0.1, 0.15) is 0 Å². The Labute approximate surface area is 161 Å². The van der Waals surface area contributed by atoms with Crippen LogP contribution in [0.15, 0.2) is 48.6 Å². The molecule has 138 valence electrons. The van der Waals surface area contributed by atoms with Gasteiger partial charge < -0.3 is 15.2 Å². The van der Waals surface area contributed by atoms with Crippen LogP contribution in [0.1, 0.15) is 50.2 Å². The first-order valence-corrected chi connectivity index (χ1v) is 9.06. The molecule has 0 saturated heterocycles. The lowest BCUT2D eigenvalue weighted by atomic mass is 9.75. The lowest BCUT2D eigenvalue weighted by molar-refractivity contribution is 0.0599. The molecule has 27 heavy (non-hydrogen) atoms. The Bertz CT molecular complexity index is 951. The number of hydrogen-bond donors (Lipinski definition) is 2. The molecular weight excluding hydrogens is 366 g/mol. The van der Waals surface area contributed by atoms with Gasteiger partial charge in [0.05, 0.1) is 35.0 Å². The summed E-state index contributed by atoms with van der Waals surface area (Å²) in [4.78, 5) is 23.4. The van der Waals surface area contributed by atoms with Crippen molar-refractivity contribution in [3.8, 4) is 0 Å². The number of esters is 1. The summed E-state index contributed by atoms with van der Waals surface area (Å²) in [6.45, 7) is 0. The van der Waals surface area contributed by atoms with E-state index in [0.717, 1.165) is 17.5 Å². The summed E-state index contributed by atoms with van der Waals surface area (Å²) in [5.74, 6) is -1.17. The second-order valence-corrected chi connectivity index (χ2v) is 7.19. The SMILES string of the molecule is COC(=O)c1ccc([C@@H]2Nc3c(Cl)ccc(C(=O)O)c3[C@@H]3C=CC[C@H]32)cc1. The number of anilines is 1. The van der Waals surface area contributed by atoms with Crippen LogP contribution in [0.5, 0.6) is 0 Å². The van der Waals surface area contributed by atoms with Crippen LogP contribution in [0.3, 0.4) is 0 Å². The smallest absolute Gasteiger partial charge is 0.337 e. The number of methoxy groups -OCH3 is 1. The van der Waals surface area contributed by atoms with Gasteiger partial charge in [-0.05, 0) is 47.7 Å². The molecule has 0 saturated carbocycles. The maximum Gasteiger partial charge on any atom is 0.337 e. The number of ether oxygens (including phenoxy) is 1. The number of aromatic carboxylic acids is 1. The van der Waals surface area contributed by atoms with Crippen LogP contribution in [0.4, 0.5) is 5.69 Å². The maximum atomic E-state index is 11.7. The van der Waals surface area contributed by atoms with E-state index in [4.69, 9.17) is 16.3 Å². The molecule has 0 amide bonds. The summed E-state index contributed by atoms with van der Waals surface area (Å²) >= 11 is 6.41. The zero-order chi connectivity index (χ0) is 19.1. The fourth-order valence-corrected chi connectivity index (χ4v) is 4.35. The highest BCUT2D eigenvalue weighted by atomic mass is 35.5. The van der Waals surface area contributed by atoms with Gasteiger partial charge in [0.15, 0.2) is 0 Å². The number of hydrogen-bond acceptors (Lipinski definition) is 4. The quantitative estimate of drug-likeness (QED) is 0.596. The van der Waals surface area contributed by atoms with Crippen LogP contribution < -0.4 is 5.32 Å². The van der Waals surface area contributed by atoms with E-state index in [-0.39, 0.29) is 29.4 Å². The number of carboxylic acid groups (broad SMARTS) is 1. The number of rotatable bonds is 3. The van der Waals surface area contributed by atoms with Gasteiger partial charge in [-0.25, -0.2) is 9.59 Å². The minimum atomic E-state index is -0.954. The number of allylic oxidation sites excluding steroid dienone is 2. The highest BCUT2D eigenvalue weighted by Gasteiger charge is 2.40. The van der Waals surface area contributed by atoms with Crippen molar-refractivity contribution in [1.29, 1.82) is 0 Å². The lowest BCUT2D eigenvalue weighted by Gasteiger charge is -2.38. The number of carbonyl (C=O) groups excluding carboxylic acids is 1. The fourth-order valence-electron chi connectivity index (χ4n) is 4.14. The number of halogens is 1. The third kappa shape index (κ3) is 2.88. The summed E-state index contributed by atoms with van der Waals surface area (Å²) in [7, 11) is 1.35. The molecule has 1 aliphatic heterocycles. The molecule has 0 spiro atoms. The van der Waals surface area contributed by atoms with Crippen LogP contribution in [0, 0.1) is 5.92 Å². The monoisotopic (exact) mass is 383 g/mol. The summed E-state index contributed by atoms with van der Waals surface area (Å²) < 4.78 is 4.75. The Balaban J connectivity index is 1.77. The molecule has 0 bridgehead atoms. The second-order valence-electron chi connectivity index (χ2n) is 6.78. The van der Waals surface area contributed by atoms with Gasteiger partial charge in [-0.15, -0.1) is 0 Å². The molecule has 4 rings (SSSR count). The van der Waals surface area contributed by atoms with E-state index in [0.29, 0.717) is 16.3 Å². The van der Waals surface area contributed by atoms with Gasteiger partial charge in [-0.2, -0.15) is 0 Å². The highest BCUT2D eigenvalue weighted by Crippen LogP contribution is 2.52. The van der Waals surface area contributed by atoms with Crippen molar-refractivity contribution in [1.82, 2.24) is 0 Å². The Morgan fingerprint density at radius 3 is 2.59 bits per heavy atom. The van der Waals surface area contributed by atoms with Crippen molar-refractivity contribution in [2.24, 2.45) is 5.92 Å². The fraction of sp³-hybridized carbons (Fsp3) is 0.238. The molecule has 0 unspecified atom stereocenters. The molecule has 3 atom stereocenters. The molecule has 2 N–H and O–H groups in total. The third-order valence-electron chi connectivity index (χ3n) is 5.39. The normalized spacial score (nSPS) is 22.5. The number of fused-ring (bicyclic) bond motifs is 3. The van der Waals surface area contributed by atoms with Gasteiger partial charge >= 0.3 is 11.9 Å². The van der Waals surface area contributed by atoms with E-state index in [1.165, 1.54) is 7.11 Å². The van der Waals surface area contributed by atoms with Crippen LogP contribution in [-0.2, 0) is 4.74 Å². The van der Waals surface area contributed by atoms with Crippen molar-refractivity contribution in [2.75, 3.05) is 12.4 Å². The second kappa shape index (κ2) is 6.74. The predicted molar refractivity (Wildman–Crippen MR) is 103 cm³/mol. The first-order chi connectivity index (χ1) is 13.0. The van der Waals surface area contributed by atoms with E-state index in [1.807, 2.05) is 12.1 Å². The zero-order valence-corrected chi connectivity index (χ0v) is 15.4. The summed E-state index contributed by atoms with van der Waals surface area (Å²) in [6.07, 6.45) is 5.00. The number of carboxylic acids is 1. The van der Waals surface area contributed by atoms with Gasteiger partial charge in [-0.1, -0.05) is 35.9 Å². The minimum Gasteiger partial charge on any atom is -0.478 e. The average Bonchev–Trinajstić information content (AvgIpc) is 3.17. The first kappa shape index (κ1) is 17.6. The first-order valence-electron chi connectivity index (χ1n) is 8.68. The van der Waals surface area contributed by atoms with Crippen LogP contribution in [-0.4, -0.2) is 24.2 Å². The Morgan fingerprint density at radius 1 is 1.19 bits per heavy atom. The van der Waals surface area contributed by atoms with Gasteiger partial charge in [0, 0.05) is 5.92 Å². The molecular formula is C21H18ClNO4. The Hall–Kier alpha value is -2.79.